The van der Waals surface area contributed by atoms with Crippen molar-refractivity contribution in [3.63, 3.8) is 0 Å². The van der Waals surface area contributed by atoms with Gasteiger partial charge in [-0.3, -0.25) is 9.59 Å². The molecule has 0 unspecified atom stereocenters. The molecule has 0 bridgehead atoms. The van der Waals surface area contributed by atoms with Crippen molar-refractivity contribution >= 4 is 46.9 Å². The van der Waals surface area contributed by atoms with Crippen LogP contribution in [0.3, 0.4) is 0 Å². The number of hydrogen-bond donors (Lipinski definition) is 0. The normalized spacial score (nSPS) is 11.3. The van der Waals surface area contributed by atoms with E-state index in [1.54, 1.807) is 36.4 Å². The van der Waals surface area contributed by atoms with Gasteiger partial charge in [-0.25, -0.2) is 0 Å². The molecule has 2 rings (SSSR count). The van der Waals surface area contributed by atoms with Gasteiger partial charge in [-0.1, -0.05) is 48.5 Å². The van der Waals surface area contributed by atoms with E-state index in [9.17, 15) is 9.59 Å². The largest absolute Gasteiger partial charge is 0.291 e. The van der Waals surface area contributed by atoms with Gasteiger partial charge in [0.25, 0.3) is 0 Å². The first kappa shape index (κ1) is 18.2. The van der Waals surface area contributed by atoms with E-state index in [4.69, 9.17) is 0 Å². The lowest BCUT2D eigenvalue weighted by atomic mass is 10.0. The second-order valence-corrected chi connectivity index (χ2v) is 8.61. The molecule has 0 aliphatic rings. The maximum atomic E-state index is 12.9. The Labute approximate surface area is 149 Å². The monoisotopic (exact) mass is 362 g/mol. The summed E-state index contributed by atoms with van der Waals surface area (Å²) < 4.78 is -0.575. The molecule has 0 saturated heterocycles. The zero-order valence-electron chi connectivity index (χ0n) is 13.2. The van der Waals surface area contributed by atoms with E-state index in [0.29, 0.717) is 16.7 Å². The lowest BCUT2D eigenvalue weighted by Gasteiger charge is -2.26. The first-order chi connectivity index (χ1) is 11.1. The predicted octanol–water partition coefficient (Wildman–Crippen LogP) is 4.84. The summed E-state index contributed by atoms with van der Waals surface area (Å²) in [6, 6.07) is 16.1. The van der Waals surface area contributed by atoms with Gasteiger partial charge in [0.05, 0.1) is 0 Å². The Balaban J connectivity index is 2.37. The van der Waals surface area contributed by atoms with Gasteiger partial charge >= 0.3 is 0 Å². The van der Waals surface area contributed by atoms with Crippen molar-refractivity contribution in [1.82, 2.24) is 0 Å². The fourth-order valence-corrected chi connectivity index (χ4v) is 5.17. The maximum Gasteiger partial charge on any atom is 0.199 e. The molecule has 23 heavy (non-hydrogen) atoms. The molecule has 2 nitrogen and oxygen atoms in total. The van der Waals surface area contributed by atoms with Crippen molar-refractivity contribution in [2.75, 3.05) is 18.8 Å². The third-order valence-electron chi connectivity index (χ3n) is 3.51. The number of carbonyl (C=O) groups is 2. The van der Waals surface area contributed by atoms with Gasteiger partial charge in [-0.2, -0.15) is 0 Å². The number of rotatable bonds is 7. The van der Waals surface area contributed by atoms with Crippen LogP contribution in [0.15, 0.2) is 54.6 Å². The molecule has 120 valence electrons. The van der Waals surface area contributed by atoms with Crippen molar-refractivity contribution in [2.24, 2.45) is 0 Å². The van der Waals surface area contributed by atoms with E-state index in [2.05, 4.69) is 0 Å². The summed E-state index contributed by atoms with van der Waals surface area (Å²) in [6.07, 6.45) is 5.80. The Morgan fingerprint density at radius 1 is 0.739 bits per heavy atom. The summed E-state index contributed by atoms with van der Waals surface area (Å²) in [6.45, 7) is 0. The molecular formula is C18H18O2S3. The highest BCUT2D eigenvalue weighted by Gasteiger charge is 2.37. The summed E-state index contributed by atoms with van der Waals surface area (Å²) in [5, 5.41) is 0. The first-order valence-electron chi connectivity index (χ1n) is 6.98. The van der Waals surface area contributed by atoms with Gasteiger partial charge in [0.2, 0.25) is 0 Å². The summed E-state index contributed by atoms with van der Waals surface area (Å²) >= 11 is 4.57. The predicted molar refractivity (Wildman–Crippen MR) is 104 cm³/mol. The minimum absolute atomic E-state index is 0.0349. The number of thioether (sulfide) groups is 3. The van der Waals surface area contributed by atoms with Crippen LogP contribution in [0.2, 0.25) is 0 Å². The molecule has 2 aromatic rings. The number of carbonyl (C=O) groups excluding carboxylic acids is 2. The molecule has 0 saturated carbocycles. The van der Waals surface area contributed by atoms with Crippen molar-refractivity contribution in [3.05, 3.63) is 71.3 Å². The fourth-order valence-electron chi connectivity index (χ4n) is 2.26. The van der Waals surface area contributed by atoms with E-state index in [-0.39, 0.29) is 11.6 Å². The van der Waals surface area contributed by atoms with Crippen molar-refractivity contribution in [1.29, 1.82) is 0 Å². The maximum absolute atomic E-state index is 12.9. The summed E-state index contributed by atoms with van der Waals surface area (Å²) in [5.74, 6) is -0.0315. The van der Waals surface area contributed by atoms with Crippen LogP contribution in [0.1, 0.15) is 26.3 Å². The van der Waals surface area contributed by atoms with E-state index >= 15 is 0 Å². The minimum atomic E-state index is -0.575. The zero-order chi connectivity index (χ0) is 16.9. The molecule has 0 spiro atoms. The molecule has 0 heterocycles. The minimum Gasteiger partial charge on any atom is -0.291 e. The second kappa shape index (κ2) is 8.08. The number of ketones is 2. The van der Waals surface area contributed by atoms with Crippen molar-refractivity contribution in [3.8, 4) is 0 Å². The molecule has 0 amide bonds. The van der Waals surface area contributed by atoms with Gasteiger partial charge in [0.1, 0.15) is 0 Å². The van der Waals surface area contributed by atoms with Crippen LogP contribution in [0, 0.1) is 0 Å². The van der Waals surface area contributed by atoms with Crippen LogP contribution in [0.5, 0.6) is 0 Å². The topological polar surface area (TPSA) is 34.1 Å². The van der Waals surface area contributed by atoms with Crippen LogP contribution < -0.4 is 0 Å². The van der Waals surface area contributed by atoms with Gasteiger partial charge in [-0.15, -0.1) is 35.3 Å². The van der Waals surface area contributed by atoms with Gasteiger partial charge in [0.15, 0.2) is 15.0 Å². The summed E-state index contributed by atoms with van der Waals surface area (Å²) in [7, 11) is 0. The van der Waals surface area contributed by atoms with Gasteiger partial charge < -0.3 is 0 Å². The van der Waals surface area contributed by atoms with Crippen molar-refractivity contribution < 1.29 is 9.59 Å². The van der Waals surface area contributed by atoms with Gasteiger partial charge in [0, 0.05) is 16.7 Å². The van der Waals surface area contributed by atoms with Crippen LogP contribution in [0.4, 0.5) is 0 Å². The van der Waals surface area contributed by atoms with Gasteiger partial charge in [-0.05, 0) is 24.8 Å². The number of hydrogen-bond acceptors (Lipinski definition) is 5. The van der Waals surface area contributed by atoms with Crippen LogP contribution in [-0.2, 0) is 0 Å². The van der Waals surface area contributed by atoms with Crippen LogP contribution >= 0.6 is 35.3 Å². The van der Waals surface area contributed by atoms with Crippen LogP contribution in [-0.4, -0.2) is 33.7 Å². The third-order valence-corrected chi connectivity index (χ3v) is 8.68. The summed E-state index contributed by atoms with van der Waals surface area (Å²) in [5.41, 5.74) is 1.74. The number of Topliss-reactive ketones (excluding diaryl/α,β-unsaturated/α-hetero) is 1. The van der Waals surface area contributed by atoms with Crippen molar-refractivity contribution in [2.45, 2.75) is 3.41 Å². The second-order valence-electron chi connectivity index (χ2n) is 4.77. The lowest BCUT2D eigenvalue weighted by Crippen LogP contribution is -2.27. The quantitative estimate of drug-likeness (QED) is 0.520. The van der Waals surface area contributed by atoms with E-state index in [1.165, 1.54) is 35.3 Å². The van der Waals surface area contributed by atoms with Crippen LogP contribution in [0.25, 0.3) is 0 Å². The highest BCUT2D eigenvalue weighted by atomic mass is 32.3. The Bertz CT molecular complexity index is 686. The Kier molecular flexibility index (Phi) is 6.39. The average molecular weight is 363 g/mol. The highest BCUT2D eigenvalue weighted by Crippen LogP contribution is 2.45. The van der Waals surface area contributed by atoms with E-state index in [0.717, 1.165) is 0 Å². The molecule has 0 N–H and O–H groups in total. The molecule has 5 heteroatoms. The molecule has 0 fully saturated rings. The molecular weight excluding hydrogens is 344 g/mol. The summed E-state index contributed by atoms with van der Waals surface area (Å²) in [4.78, 5) is 25.4. The highest BCUT2D eigenvalue weighted by molar-refractivity contribution is 8.34. The fraction of sp³-hybridized carbons (Fsp3) is 0.222. The SMILES string of the molecule is CSC(SC)(SC)C(=O)c1cccc(C(=O)c2ccccc2)c1. The third kappa shape index (κ3) is 3.84. The first-order valence-corrected chi connectivity index (χ1v) is 10.7. The number of benzene rings is 2. The lowest BCUT2D eigenvalue weighted by molar-refractivity contribution is 0.100. The Morgan fingerprint density at radius 2 is 1.26 bits per heavy atom. The average Bonchev–Trinajstić information content (AvgIpc) is 2.63. The molecule has 2 aromatic carbocycles. The molecule has 0 atom stereocenters. The molecule has 0 aliphatic heterocycles. The Morgan fingerprint density at radius 3 is 1.83 bits per heavy atom. The standard InChI is InChI=1S/C18H18O2S3/c1-21-18(22-2,23-3)17(20)15-11-7-10-14(12-15)16(19)13-8-5-4-6-9-13/h4-12H,1-3H3. The smallest absolute Gasteiger partial charge is 0.199 e. The van der Waals surface area contributed by atoms with E-state index < -0.39 is 3.41 Å². The molecule has 0 aliphatic carbocycles. The molecule has 0 radical (unpaired) electrons. The molecule has 0 aromatic heterocycles. The Hall–Kier alpha value is -1.17. The zero-order valence-corrected chi connectivity index (χ0v) is 15.7. The van der Waals surface area contributed by atoms with E-state index in [1.807, 2.05) is 37.0 Å².